The van der Waals surface area contributed by atoms with Crippen LogP contribution in [0.5, 0.6) is 5.88 Å². The van der Waals surface area contributed by atoms with Crippen molar-refractivity contribution in [2.75, 3.05) is 7.11 Å². The minimum atomic E-state index is -0.568. The molecule has 2 aromatic carbocycles. The van der Waals surface area contributed by atoms with Gasteiger partial charge in [0.25, 0.3) is 5.91 Å². The summed E-state index contributed by atoms with van der Waals surface area (Å²) < 4.78 is 20.8. The molecule has 0 aliphatic carbocycles. The third kappa shape index (κ3) is 3.67. The normalized spacial score (nSPS) is 10.9. The van der Waals surface area contributed by atoms with Crippen LogP contribution in [0, 0.1) is 12.7 Å². The minimum absolute atomic E-state index is 0.0104. The van der Waals surface area contributed by atoms with E-state index in [4.69, 9.17) is 4.74 Å². The van der Waals surface area contributed by atoms with Crippen molar-refractivity contribution in [3.8, 4) is 17.1 Å². The van der Waals surface area contributed by atoms with Crippen molar-refractivity contribution in [2.24, 2.45) is 0 Å². The molecule has 0 spiro atoms. The van der Waals surface area contributed by atoms with Crippen molar-refractivity contribution in [1.82, 2.24) is 19.9 Å². The highest BCUT2D eigenvalue weighted by molar-refractivity contribution is 5.94. The van der Waals surface area contributed by atoms with E-state index in [0.29, 0.717) is 22.9 Å². The maximum atomic E-state index is 13.9. The maximum absolute atomic E-state index is 13.9. The highest BCUT2D eigenvalue weighted by Gasteiger charge is 2.18. The minimum Gasteiger partial charge on any atom is -0.480 e. The number of aryl methyl sites for hydroxylation is 1. The summed E-state index contributed by atoms with van der Waals surface area (Å²) in [6.45, 7) is 2.13. The van der Waals surface area contributed by atoms with E-state index in [9.17, 15) is 9.18 Å². The number of ether oxygens (including phenoxy) is 1. The van der Waals surface area contributed by atoms with E-state index >= 15 is 0 Å². The molecule has 2 aromatic heterocycles. The third-order valence-corrected chi connectivity index (χ3v) is 4.61. The van der Waals surface area contributed by atoms with Crippen molar-refractivity contribution in [3.05, 3.63) is 83.3 Å². The topological polar surface area (TPSA) is 68.5 Å². The molecule has 0 fully saturated rings. The maximum Gasteiger partial charge on any atom is 0.254 e. The van der Waals surface area contributed by atoms with Crippen molar-refractivity contribution in [2.45, 2.75) is 13.5 Å². The SMILES string of the molecule is COc1ccc2nc(-c3ccc(C)cc3)c(CNC(=O)c3ccccc3F)n2n1. The Morgan fingerprint density at radius 3 is 2.59 bits per heavy atom. The number of hydrogen-bond donors (Lipinski definition) is 1. The average molecular weight is 390 g/mol. The van der Waals surface area contributed by atoms with Crippen molar-refractivity contribution in [3.63, 3.8) is 0 Å². The quantitative estimate of drug-likeness (QED) is 0.563. The number of carbonyl (C=O) groups is 1. The van der Waals surface area contributed by atoms with Gasteiger partial charge in [-0.2, -0.15) is 0 Å². The first-order chi connectivity index (χ1) is 14.1. The number of carbonyl (C=O) groups excluding carboxylic acids is 1. The molecule has 0 aliphatic rings. The molecule has 2 heterocycles. The van der Waals surface area contributed by atoms with Gasteiger partial charge in [0.1, 0.15) is 5.82 Å². The molecule has 0 saturated heterocycles. The largest absolute Gasteiger partial charge is 0.480 e. The van der Waals surface area contributed by atoms with Crippen LogP contribution in [0.15, 0.2) is 60.7 Å². The summed E-state index contributed by atoms with van der Waals surface area (Å²) in [5.41, 5.74) is 4.01. The van der Waals surface area contributed by atoms with Gasteiger partial charge in [-0.3, -0.25) is 4.79 Å². The standard InChI is InChI=1S/C22H19FN4O2/c1-14-7-9-15(10-8-14)21-18(27-19(25-21)11-12-20(26-27)29-2)13-24-22(28)16-5-3-4-6-17(16)23/h3-12H,13H2,1-2H3,(H,24,28). The number of nitrogens with one attached hydrogen (secondary N) is 1. The third-order valence-electron chi connectivity index (χ3n) is 4.61. The molecule has 6 nitrogen and oxygen atoms in total. The first-order valence-electron chi connectivity index (χ1n) is 9.09. The number of amides is 1. The van der Waals surface area contributed by atoms with Crippen LogP contribution >= 0.6 is 0 Å². The van der Waals surface area contributed by atoms with Gasteiger partial charge >= 0.3 is 0 Å². The molecule has 29 heavy (non-hydrogen) atoms. The highest BCUT2D eigenvalue weighted by Crippen LogP contribution is 2.25. The van der Waals surface area contributed by atoms with Crippen LogP contribution in [-0.2, 0) is 6.54 Å². The smallest absolute Gasteiger partial charge is 0.254 e. The van der Waals surface area contributed by atoms with Crippen LogP contribution in [0.1, 0.15) is 21.6 Å². The second kappa shape index (κ2) is 7.71. The fraction of sp³-hybridized carbons (Fsp3) is 0.136. The summed E-state index contributed by atoms with van der Waals surface area (Å²) in [6, 6.07) is 17.3. The summed E-state index contributed by atoms with van der Waals surface area (Å²) in [4.78, 5) is 17.2. The molecular weight excluding hydrogens is 371 g/mol. The monoisotopic (exact) mass is 390 g/mol. The van der Waals surface area contributed by atoms with Crippen LogP contribution < -0.4 is 10.1 Å². The molecular formula is C22H19FN4O2. The van der Waals surface area contributed by atoms with E-state index in [1.807, 2.05) is 31.2 Å². The van der Waals surface area contributed by atoms with Crippen LogP contribution in [0.3, 0.4) is 0 Å². The molecule has 0 unspecified atom stereocenters. The summed E-state index contributed by atoms with van der Waals surface area (Å²) in [5, 5.41) is 7.20. The Bertz CT molecular complexity index is 1190. The number of methoxy groups -OCH3 is 1. The van der Waals surface area contributed by atoms with Gasteiger partial charge in [0.2, 0.25) is 5.88 Å². The van der Waals surface area contributed by atoms with Crippen LogP contribution in [0.25, 0.3) is 16.9 Å². The van der Waals surface area contributed by atoms with E-state index in [1.165, 1.54) is 19.2 Å². The van der Waals surface area contributed by atoms with Gasteiger partial charge < -0.3 is 10.1 Å². The van der Waals surface area contributed by atoms with Gasteiger partial charge in [0.15, 0.2) is 5.65 Å². The lowest BCUT2D eigenvalue weighted by Gasteiger charge is -2.08. The Labute approximate surface area is 167 Å². The van der Waals surface area contributed by atoms with E-state index in [-0.39, 0.29) is 12.1 Å². The van der Waals surface area contributed by atoms with Gasteiger partial charge in [0.05, 0.1) is 30.6 Å². The molecule has 7 heteroatoms. The molecule has 1 N–H and O–H groups in total. The molecule has 1 amide bonds. The lowest BCUT2D eigenvalue weighted by molar-refractivity contribution is 0.0946. The number of hydrogen-bond acceptors (Lipinski definition) is 4. The number of nitrogens with zero attached hydrogens (tertiary/aromatic N) is 3. The predicted molar refractivity (Wildman–Crippen MR) is 107 cm³/mol. The van der Waals surface area contributed by atoms with E-state index < -0.39 is 11.7 Å². The number of benzene rings is 2. The summed E-state index contributed by atoms with van der Waals surface area (Å²) in [6.07, 6.45) is 0. The Kier molecular flexibility index (Phi) is 4.95. The first-order valence-corrected chi connectivity index (χ1v) is 9.09. The van der Waals surface area contributed by atoms with Crippen LogP contribution in [0.4, 0.5) is 4.39 Å². The van der Waals surface area contributed by atoms with Gasteiger partial charge in [-0.05, 0) is 25.1 Å². The van der Waals surface area contributed by atoms with Crippen LogP contribution in [-0.4, -0.2) is 27.6 Å². The number of halogens is 1. The molecule has 0 aliphatic heterocycles. The predicted octanol–water partition coefficient (Wildman–Crippen LogP) is 3.78. The molecule has 0 bridgehead atoms. The zero-order valence-electron chi connectivity index (χ0n) is 16.0. The Morgan fingerprint density at radius 1 is 1.10 bits per heavy atom. The fourth-order valence-corrected chi connectivity index (χ4v) is 3.08. The van der Waals surface area contributed by atoms with Gasteiger partial charge in [-0.25, -0.2) is 13.9 Å². The van der Waals surface area contributed by atoms with Crippen molar-refractivity contribution >= 4 is 11.6 Å². The molecule has 0 saturated carbocycles. The second-order valence-electron chi connectivity index (χ2n) is 6.58. The number of imidazole rings is 1. The molecule has 4 rings (SSSR count). The van der Waals surface area contributed by atoms with E-state index in [2.05, 4.69) is 15.4 Å². The van der Waals surface area contributed by atoms with Crippen molar-refractivity contribution < 1.29 is 13.9 Å². The Morgan fingerprint density at radius 2 is 1.86 bits per heavy atom. The van der Waals surface area contributed by atoms with E-state index in [0.717, 1.165) is 11.1 Å². The zero-order valence-corrected chi connectivity index (χ0v) is 16.0. The Balaban J connectivity index is 1.74. The van der Waals surface area contributed by atoms with Crippen LogP contribution in [0.2, 0.25) is 0 Å². The Hall–Kier alpha value is -3.74. The molecule has 0 atom stereocenters. The first kappa shape index (κ1) is 18.6. The lowest BCUT2D eigenvalue weighted by atomic mass is 10.1. The van der Waals surface area contributed by atoms with Crippen molar-refractivity contribution in [1.29, 1.82) is 0 Å². The number of fused-ring (bicyclic) bond motifs is 1. The summed E-state index contributed by atoms with van der Waals surface area (Å²) >= 11 is 0. The summed E-state index contributed by atoms with van der Waals surface area (Å²) in [7, 11) is 1.53. The average Bonchev–Trinajstić information content (AvgIpc) is 3.10. The molecule has 4 aromatic rings. The lowest BCUT2D eigenvalue weighted by Crippen LogP contribution is -2.25. The van der Waals surface area contributed by atoms with E-state index in [1.54, 1.807) is 28.8 Å². The zero-order chi connectivity index (χ0) is 20.4. The summed E-state index contributed by atoms with van der Waals surface area (Å²) in [5.74, 6) is -0.649. The van der Waals surface area contributed by atoms with Gasteiger partial charge in [0, 0.05) is 11.6 Å². The number of rotatable bonds is 5. The number of aromatic nitrogens is 3. The second-order valence-corrected chi connectivity index (χ2v) is 6.58. The fourth-order valence-electron chi connectivity index (χ4n) is 3.08. The molecule has 146 valence electrons. The van der Waals surface area contributed by atoms with Gasteiger partial charge in [-0.1, -0.05) is 42.0 Å². The molecule has 0 radical (unpaired) electrons. The highest BCUT2D eigenvalue weighted by atomic mass is 19.1. The van der Waals surface area contributed by atoms with Gasteiger partial charge in [-0.15, -0.1) is 5.10 Å².